The fraction of sp³-hybridized carbons (Fsp3) is 0.471. The standard InChI is InChI=1S/C17H21N3O3/c1-3-23-17(22)16(19-18)15(21)9-11-20-10-8-13-6-4-5-7-14(13)12(20)2/h4-7,12H,3,8-11H2,1-2H3/p+1. The molecule has 1 aromatic rings. The molecule has 0 amide bonds. The van der Waals surface area contributed by atoms with Crippen LogP contribution in [0, 0.1) is 5.39 Å². The zero-order valence-corrected chi connectivity index (χ0v) is 13.5. The van der Waals surface area contributed by atoms with Crippen LogP contribution < -0.4 is 0 Å². The Hall–Kier alpha value is -2.39. The van der Waals surface area contributed by atoms with Crippen molar-refractivity contribution in [1.82, 2.24) is 4.90 Å². The lowest BCUT2D eigenvalue weighted by molar-refractivity contribution is -0.138. The second-order valence-electron chi connectivity index (χ2n) is 5.53. The van der Waals surface area contributed by atoms with E-state index in [4.69, 9.17) is 10.1 Å². The van der Waals surface area contributed by atoms with Crippen molar-refractivity contribution in [2.75, 3.05) is 19.7 Å². The highest BCUT2D eigenvalue weighted by Crippen LogP contribution is 2.29. The largest absolute Gasteiger partial charge is 0.505 e. The number of hydrogen-bond donors (Lipinski definition) is 1. The average molecular weight is 316 g/mol. The summed E-state index contributed by atoms with van der Waals surface area (Å²) in [7, 11) is 0. The summed E-state index contributed by atoms with van der Waals surface area (Å²) in [6.45, 7) is 5.39. The van der Waals surface area contributed by atoms with Gasteiger partial charge in [0.15, 0.2) is 10.7 Å². The molecule has 0 saturated carbocycles. The van der Waals surface area contributed by atoms with Gasteiger partial charge in [0.05, 0.1) is 6.61 Å². The molecule has 1 aromatic carbocycles. The summed E-state index contributed by atoms with van der Waals surface area (Å²) in [6, 6.07) is 8.58. The van der Waals surface area contributed by atoms with Crippen molar-refractivity contribution in [1.29, 1.82) is 5.39 Å². The van der Waals surface area contributed by atoms with Gasteiger partial charge in [0.2, 0.25) is 5.39 Å². The Bertz CT molecular complexity index is 649. The number of fused-ring (bicyclic) bond motifs is 1. The third-order valence-corrected chi connectivity index (χ3v) is 4.20. The van der Waals surface area contributed by atoms with Gasteiger partial charge in [-0.3, -0.25) is 4.90 Å². The summed E-state index contributed by atoms with van der Waals surface area (Å²) in [5.41, 5.74) is 2.23. The molecule has 1 N–H and O–H groups in total. The number of rotatable bonds is 5. The number of diazo groups is 1. The number of benzene rings is 1. The van der Waals surface area contributed by atoms with Crippen molar-refractivity contribution in [3.8, 4) is 0 Å². The molecule has 1 aliphatic heterocycles. The van der Waals surface area contributed by atoms with Crippen LogP contribution in [0.2, 0.25) is 0 Å². The molecule has 2 rings (SSSR count). The first kappa shape index (κ1) is 17.0. The Morgan fingerprint density at radius 3 is 2.91 bits per heavy atom. The van der Waals surface area contributed by atoms with Crippen molar-refractivity contribution >= 4 is 5.97 Å². The average Bonchev–Trinajstić information content (AvgIpc) is 2.55. The minimum absolute atomic E-state index is 0.158. The van der Waals surface area contributed by atoms with Gasteiger partial charge in [0, 0.05) is 25.6 Å². The van der Waals surface area contributed by atoms with E-state index in [-0.39, 0.29) is 24.8 Å². The first-order chi connectivity index (χ1) is 11.1. The quantitative estimate of drug-likeness (QED) is 0.391. The highest BCUT2D eigenvalue weighted by Gasteiger charge is 2.31. The van der Waals surface area contributed by atoms with Crippen LogP contribution in [0.25, 0.3) is 4.98 Å². The van der Waals surface area contributed by atoms with Crippen LogP contribution in [0.5, 0.6) is 0 Å². The highest BCUT2D eigenvalue weighted by molar-refractivity contribution is 5.90. The van der Waals surface area contributed by atoms with E-state index in [1.807, 2.05) is 12.1 Å². The number of carbonyl (C=O) groups excluding carboxylic acids is 1. The van der Waals surface area contributed by atoms with Crippen LogP contribution >= 0.6 is 0 Å². The fourth-order valence-electron chi connectivity index (χ4n) is 2.91. The Kier molecular flexibility index (Phi) is 5.72. The monoisotopic (exact) mass is 316 g/mol. The van der Waals surface area contributed by atoms with Gasteiger partial charge in [-0.25, -0.2) is 4.79 Å². The Balaban J connectivity index is 2.04. The van der Waals surface area contributed by atoms with Gasteiger partial charge < -0.3 is 9.84 Å². The maximum absolute atomic E-state index is 11.6. The minimum Gasteiger partial charge on any atom is -0.505 e. The van der Waals surface area contributed by atoms with E-state index >= 15 is 0 Å². The second-order valence-corrected chi connectivity index (χ2v) is 5.53. The minimum atomic E-state index is -0.815. The third-order valence-electron chi connectivity index (χ3n) is 4.20. The van der Waals surface area contributed by atoms with Crippen molar-refractivity contribution in [3.05, 3.63) is 51.8 Å². The van der Waals surface area contributed by atoms with Gasteiger partial charge in [-0.15, -0.1) is 0 Å². The molecule has 122 valence electrons. The molecule has 0 aliphatic carbocycles. The molecule has 1 aliphatic rings. The van der Waals surface area contributed by atoms with E-state index in [0.717, 1.165) is 13.0 Å². The molecule has 0 radical (unpaired) electrons. The summed E-state index contributed by atoms with van der Waals surface area (Å²) in [6.07, 6.45) is 1.19. The van der Waals surface area contributed by atoms with Crippen LogP contribution in [0.3, 0.4) is 0 Å². The molecule has 0 spiro atoms. The number of ether oxygens (including phenoxy) is 1. The SMILES string of the molecule is CCOC(=O)/C([N+]#N)=C(\O)CCN1CCc2ccccc2C1C. The number of hydrogen-bond acceptors (Lipinski definition) is 5. The van der Waals surface area contributed by atoms with E-state index in [2.05, 4.69) is 28.9 Å². The predicted octanol–water partition coefficient (Wildman–Crippen LogP) is 3.18. The Morgan fingerprint density at radius 2 is 2.22 bits per heavy atom. The molecule has 6 heteroatoms. The van der Waals surface area contributed by atoms with Crippen LogP contribution in [0.1, 0.15) is 37.4 Å². The molecular weight excluding hydrogens is 294 g/mol. The first-order valence-corrected chi connectivity index (χ1v) is 7.84. The molecule has 0 bridgehead atoms. The van der Waals surface area contributed by atoms with Crippen molar-refractivity contribution in [2.24, 2.45) is 0 Å². The number of esters is 1. The molecule has 0 aromatic heterocycles. The number of nitrogens with zero attached hydrogens (tertiary/aromatic N) is 3. The van der Waals surface area contributed by atoms with Crippen molar-refractivity contribution in [3.63, 3.8) is 0 Å². The Labute approximate surface area is 136 Å². The molecular formula is C17H22N3O3+. The molecule has 0 saturated heterocycles. The maximum Gasteiger partial charge on any atom is 0.505 e. The van der Waals surface area contributed by atoms with E-state index in [1.165, 1.54) is 11.1 Å². The normalized spacial score (nSPS) is 18.6. The lowest BCUT2D eigenvalue weighted by Crippen LogP contribution is -2.35. The van der Waals surface area contributed by atoms with Gasteiger partial charge in [-0.1, -0.05) is 24.3 Å². The van der Waals surface area contributed by atoms with Crippen molar-refractivity contribution < 1.29 is 14.6 Å². The zero-order valence-electron chi connectivity index (χ0n) is 13.5. The van der Waals surface area contributed by atoms with Gasteiger partial charge in [-0.2, -0.15) is 0 Å². The summed E-state index contributed by atoms with van der Waals surface area (Å²) < 4.78 is 4.75. The van der Waals surface area contributed by atoms with E-state index in [1.54, 1.807) is 6.92 Å². The maximum atomic E-state index is 11.6. The smallest absolute Gasteiger partial charge is 0.505 e. The summed E-state index contributed by atoms with van der Waals surface area (Å²) in [5, 5.41) is 18.9. The fourth-order valence-corrected chi connectivity index (χ4v) is 2.91. The molecule has 1 heterocycles. The molecule has 6 nitrogen and oxygen atoms in total. The van der Waals surface area contributed by atoms with Crippen LogP contribution in [-0.2, 0) is 16.0 Å². The highest BCUT2D eigenvalue weighted by atomic mass is 16.5. The zero-order chi connectivity index (χ0) is 16.8. The number of aliphatic hydroxyl groups excluding tert-OH is 1. The van der Waals surface area contributed by atoms with Gasteiger partial charge >= 0.3 is 11.7 Å². The van der Waals surface area contributed by atoms with E-state index in [0.29, 0.717) is 6.54 Å². The second kappa shape index (κ2) is 7.75. The summed E-state index contributed by atoms with van der Waals surface area (Å²) in [5.74, 6) is -1.07. The third kappa shape index (κ3) is 3.88. The van der Waals surface area contributed by atoms with Crippen LogP contribution in [0.4, 0.5) is 0 Å². The van der Waals surface area contributed by atoms with Crippen molar-refractivity contribution in [2.45, 2.75) is 32.7 Å². The van der Waals surface area contributed by atoms with Gasteiger partial charge in [0.1, 0.15) is 0 Å². The molecule has 1 atom stereocenters. The molecule has 1 unspecified atom stereocenters. The summed E-state index contributed by atoms with van der Waals surface area (Å²) >= 11 is 0. The number of carbonyl (C=O) groups is 1. The predicted molar refractivity (Wildman–Crippen MR) is 86.1 cm³/mol. The van der Waals surface area contributed by atoms with Crippen LogP contribution in [0.15, 0.2) is 35.7 Å². The first-order valence-electron chi connectivity index (χ1n) is 7.84. The van der Waals surface area contributed by atoms with Gasteiger partial charge in [0.25, 0.3) is 0 Å². The number of aliphatic hydroxyl groups is 1. The van der Waals surface area contributed by atoms with E-state index in [9.17, 15) is 9.90 Å². The topological polar surface area (TPSA) is 77.9 Å². The van der Waals surface area contributed by atoms with Crippen LogP contribution in [-0.4, -0.2) is 35.7 Å². The van der Waals surface area contributed by atoms with E-state index < -0.39 is 11.7 Å². The lowest BCUT2D eigenvalue weighted by Gasteiger charge is -2.35. The molecule has 0 fully saturated rings. The Morgan fingerprint density at radius 1 is 1.48 bits per heavy atom. The lowest BCUT2D eigenvalue weighted by atomic mass is 9.93. The van der Waals surface area contributed by atoms with Gasteiger partial charge in [-0.05, 0) is 31.4 Å². The molecule has 23 heavy (non-hydrogen) atoms. The summed E-state index contributed by atoms with van der Waals surface area (Å²) in [4.78, 5) is 16.7.